The molecule has 3 rings (SSSR count). The summed E-state index contributed by atoms with van der Waals surface area (Å²) in [5.74, 6) is 0.496. The smallest absolute Gasteiger partial charge is 0.290 e. The number of benzene rings is 1. The molecule has 1 fully saturated rings. The molecule has 21 heavy (non-hydrogen) atoms. The number of para-hydroxylation sites is 1. The van der Waals surface area contributed by atoms with E-state index in [9.17, 15) is 4.79 Å². The zero-order valence-electron chi connectivity index (χ0n) is 12.6. The van der Waals surface area contributed by atoms with Crippen LogP contribution in [0.25, 0.3) is 11.0 Å². The van der Waals surface area contributed by atoms with Crippen LogP contribution < -0.4 is 5.32 Å². The van der Waals surface area contributed by atoms with Crippen LogP contribution in [0.1, 0.15) is 28.6 Å². The van der Waals surface area contributed by atoms with E-state index in [2.05, 4.69) is 12.2 Å². The summed E-state index contributed by atoms with van der Waals surface area (Å²) in [7, 11) is 0. The molecule has 1 aliphatic rings. The van der Waals surface area contributed by atoms with Crippen molar-refractivity contribution in [1.29, 1.82) is 0 Å². The second-order valence-electron chi connectivity index (χ2n) is 5.56. The van der Waals surface area contributed by atoms with E-state index < -0.39 is 0 Å². The Morgan fingerprint density at radius 2 is 2.14 bits per heavy atom. The van der Waals surface area contributed by atoms with Gasteiger partial charge in [-0.15, -0.1) is 12.4 Å². The van der Waals surface area contributed by atoms with E-state index in [0.717, 1.165) is 41.7 Å². The van der Waals surface area contributed by atoms with Gasteiger partial charge in [-0.2, -0.15) is 0 Å². The molecule has 1 saturated heterocycles. The molecule has 1 N–H and O–H groups in total. The SMILES string of the molecule is Cc1c(C(=O)N2CCNC[C@H]2C)oc2c(C)cccc12.Cl. The van der Waals surface area contributed by atoms with Crippen LogP contribution in [-0.4, -0.2) is 36.5 Å². The molecule has 0 unspecified atom stereocenters. The van der Waals surface area contributed by atoms with Crippen molar-refractivity contribution in [3.05, 3.63) is 35.1 Å². The Labute approximate surface area is 130 Å². The van der Waals surface area contributed by atoms with Crippen molar-refractivity contribution in [1.82, 2.24) is 10.2 Å². The predicted molar refractivity (Wildman–Crippen MR) is 86.3 cm³/mol. The summed E-state index contributed by atoms with van der Waals surface area (Å²) in [5, 5.41) is 4.33. The average molecular weight is 309 g/mol. The molecule has 4 nitrogen and oxygen atoms in total. The highest BCUT2D eigenvalue weighted by Gasteiger charge is 2.28. The van der Waals surface area contributed by atoms with Gasteiger partial charge in [0.1, 0.15) is 5.58 Å². The summed E-state index contributed by atoms with van der Waals surface area (Å²) in [6, 6.07) is 6.22. The van der Waals surface area contributed by atoms with Crippen molar-refractivity contribution in [2.24, 2.45) is 0 Å². The first-order chi connectivity index (χ1) is 9.59. The minimum Gasteiger partial charge on any atom is -0.450 e. The van der Waals surface area contributed by atoms with Gasteiger partial charge in [0.15, 0.2) is 5.76 Å². The number of aryl methyl sites for hydroxylation is 2. The lowest BCUT2D eigenvalue weighted by Gasteiger charge is -2.33. The van der Waals surface area contributed by atoms with Crippen LogP contribution >= 0.6 is 12.4 Å². The number of rotatable bonds is 1. The van der Waals surface area contributed by atoms with Crippen molar-refractivity contribution in [2.45, 2.75) is 26.8 Å². The maximum atomic E-state index is 12.7. The fourth-order valence-corrected chi connectivity index (χ4v) is 2.86. The van der Waals surface area contributed by atoms with E-state index in [1.54, 1.807) is 0 Å². The number of hydrogen-bond donors (Lipinski definition) is 1. The van der Waals surface area contributed by atoms with Crippen LogP contribution in [0, 0.1) is 13.8 Å². The molecule has 0 aliphatic carbocycles. The quantitative estimate of drug-likeness (QED) is 0.881. The van der Waals surface area contributed by atoms with Crippen LogP contribution in [0.2, 0.25) is 0 Å². The van der Waals surface area contributed by atoms with E-state index in [0.29, 0.717) is 5.76 Å². The highest BCUT2D eigenvalue weighted by atomic mass is 35.5. The molecule has 0 bridgehead atoms. The average Bonchev–Trinajstić information content (AvgIpc) is 2.78. The molecule has 5 heteroatoms. The van der Waals surface area contributed by atoms with Gasteiger partial charge >= 0.3 is 0 Å². The van der Waals surface area contributed by atoms with Crippen molar-refractivity contribution in [2.75, 3.05) is 19.6 Å². The first kappa shape index (κ1) is 15.9. The van der Waals surface area contributed by atoms with Gasteiger partial charge in [-0.25, -0.2) is 0 Å². The monoisotopic (exact) mass is 308 g/mol. The van der Waals surface area contributed by atoms with E-state index in [1.165, 1.54) is 0 Å². The number of furan rings is 1. The molecule has 0 radical (unpaired) electrons. The topological polar surface area (TPSA) is 45.5 Å². The van der Waals surface area contributed by atoms with Crippen LogP contribution in [-0.2, 0) is 0 Å². The molecular weight excluding hydrogens is 288 g/mol. The second kappa shape index (κ2) is 6.08. The van der Waals surface area contributed by atoms with Crippen LogP contribution in [0.4, 0.5) is 0 Å². The van der Waals surface area contributed by atoms with Gasteiger partial charge in [0.25, 0.3) is 5.91 Å². The number of carbonyl (C=O) groups is 1. The van der Waals surface area contributed by atoms with Gasteiger partial charge in [-0.1, -0.05) is 18.2 Å². The molecular formula is C16H21ClN2O2. The molecule has 1 aromatic heterocycles. The Morgan fingerprint density at radius 3 is 2.81 bits per heavy atom. The molecule has 2 aromatic rings. The summed E-state index contributed by atoms with van der Waals surface area (Å²) in [6.07, 6.45) is 0. The molecule has 114 valence electrons. The third-order valence-corrected chi connectivity index (χ3v) is 4.12. The van der Waals surface area contributed by atoms with Crippen molar-refractivity contribution < 1.29 is 9.21 Å². The second-order valence-corrected chi connectivity index (χ2v) is 5.56. The van der Waals surface area contributed by atoms with Crippen molar-refractivity contribution in [3.8, 4) is 0 Å². The van der Waals surface area contributed by atoms with Crippen LogP contribution in [0.3, 0.4) is 0 Å². The number of amides is 1. The molecule has 1 amide bonds. The van der Waals surface area contributed by atoms with E-state index >= 15 is 0 Å². The lowest BCUT2D eigenvalue weighted by molar-refractivity contribution is 0.0624. The zero-order valence-corrected chi connectivity index (χ0v) is 13.4. The first-order valence-corrected chi connectivity index (χ1v) is 7.10. The fraction of sp³-hybridized carbons (Fsp3) is 0.438. The van der Waals surface area contributed by atoms with Gasteiger partial charge in [-0.3, -0.25) is 4.79 Å². The zero-order chi connectivity index (χ0) is 14.3. The number of hydrogen-bond acceptors (Lipinski definition) is 3. The number of nitrogens with one attached hydrogen (secondary N) is 1. The predicted octanol–water partition coefficient (Wildman–Crippen LogP) is 2.91. The largest absolute Gasteiger partial charge is 0.450 e. The first-order valence-electron chi connectivity index (χ1n) is 7.10. The molecule has 1 aromatic carbocycles. The minimum atomic E-state index is 0. The summed E-state index contributed by atoms with van der Waals surface area (Å²) >= 11 is 0. The van der Waals surface area contributed by atoms with E-state index in [-0.39, 0.29) is 24.4 Å². The third-order valence-electron chi connectivity index (χ3n) is 4.12. The lowest BCUT2D eigenvalue weighted by atomic mass is 10.1. The summed E-state index contributed by atoms with van der Waals surface area (Å²) in [6.45, 7) is 8.44. The Balaban J connectivity index is 0.00000161. The highest BCUT2D eigenvalue weighted by molar-refractivity contribution is 5.99. The minimum absolute atomic E-state index is 0. The van der Waals surface area contributed by atoms with Gasteiger partial charge in [0.05, 0.1) is 0 Å². The number of halogens is 1. The van der Waals surface area contributed by atoms with Gasteiger partial charge in [0, 0.05) is 36.6 Å². The summed E-state index contributed by atoms with van der Waals surface area (Å²) in [4.78, 5) is 14.6. The fourth-order valence-electron chi connectivity index (χ4n) is 2.86. The molecule has 1 atom stereocenters. The van der Waals surface area contributed by atoms with E-state index in [4.69, 9.17) is 4.42 Å². The molecule has 0 spiro atoms. The summed E-state index contributed by atoms with van der Waals surface area (Å²) < 4.78 is 5.88. The highest BCUT2D eigenvalue weighted by Crippen LogP contribution is 2.28. The Morgan fingerprint density at radius 1 is 1.38 bits per heavy atom. The number of carbonyl (C=O) groups excluding carboxylic acids is 1. The molecule has 0 saturated carbocycles. The van der Waals surface area contributed by atoms with Gasteiger partial charge in [0.2, 0.25) is 0 Å². The third kappa shape index (κ3) is 2.65. The maximum absolute atomic E-state index is 12.7. The number of piperazine rings is 1. The standard InChI is InChI=1S/C16H20N2O2.ClH/c1-10-5-4-6-13-12(3)15(20-14(10)13)16(19)18-8-7-17-9-11(18)2;/h4-6,11,17H,7-9H2,1-3H3;1H/t11-;/m1./s1. The maximum Gasteiger partial charge on any atom is 0.290 e. The molecule has 1 aliphatic heterocycles. The number of nitrogens with zero attached hydrogens (tertiary/aromatic N) is 1. The van der Waals surface area contributed by atoms with Gasteiger partial charge < -0.3 is 14.6 Å². The van der Waals surface area contributed by atoms with Crippen LogP contribution in [0.5, 0.6) is 0 Å². The van der Waals surface area contributed by atoms with Crippen molar-refractivity contribution >= 4 is 29.3 Å². The van der Waals surface area contributed by atoms with Gasteiger partial charge in [-0.05, 0) is 26.3 Å². The summed E-state index contributed by atoms with van der Waals surface area (Å²) in [5.41, 5.74) is 2.84. The normalized spacial score (nSPS) is 18.6. The Kier molecular flexibility index (Phi) is 4.59. The lowest BCUT2D eigenvalue weighted by Crippen LogP contribution is -2.52. The van der Waals surface area contributed by atoms with Crippen LogP contribution in [0.15, 0.2) is 22.6 Å². The van der Waals surface area contributed by atoms with Crippen molar-refractivity contribution in [3.63, 3.8) is 0 Å². The Bertz CT molecular complexity index is 666. The molecule has 2 heterocycles. The number of fused-ring (bicyclic) bond motifs is 1. The van der Waals surface area contributed by atoms with E-state index in [1.807, 2.05) is 36.9 Å². The Hall–Kier alpha value is -1.52.